The predicted molar refractivity (Wildman–Crippen MR) is 134 cm³/mol. The average Bonchev–Trinajstić information content (AvgIpc) is 2.90. The van der Waals surface area contributed by atoms with Crippen LogP contribution in [-0.4, -0.2) is 61.6 Å². The second-order valence-corrected chi connectivity index (χ2v) is 7.93. The fourth-order valence-corrected chi connectivity index (χ4v) is 2.83. The highest BCUT2D eigenvalue weighted by molar-refractivity contribution is 6.02. The molecule has 2 aromatic rings. The SMILES string of the molecule is COc1ccc(/C=C/C(O)=C/C(=O)/C=C/c2ccc(OC(=O)C(C)(CO)CO)c(OC)c2)cc1OC. The summed E-state index contributed by atoms with van der Waals surface area (Å²) in [6.07, 6.45) is 6.82. The molecule has 0 spiro atoms. The van der Waals surface area contributed by atoms with Gasteiger partial charge in [-0.25, -0.2) is 0 Å². The molecule has 0 unspecified atom stereocenters. The summed E-state index contributed by atoms with van der Waals surface area (Å²) < 4.78 is 20.9. The number of aliphatic hydroxyl groups excluding tert-OH is 3. The molecule has 0 aliphatic heterocycles. The number of rotatable bonds is 12. The molecule has 9 heteroatoms. The number of ether oxygens (including phenoxy) is 4. The van der Waals surface area contributed by atoms with Crippen molar-refractivity contribution in [2.24, 2.45) is 5.41 Å². The van der Waals surface area contributed by atoms with Crippen LogP contribution in [-0.2, 0) is 9.59 Å². The molecule has 0 bridgehead atoms. The van der Waals surface area contributed by atoms with Gasteiger partial charge in [0.05, 0.1) is 34.5 Å². The number of benzene rings is 2. The fourth-order valence-electron chi connectivity index (χ4n) is 2.83. The summed E-state index contributed by atoms with van der Waals surface area (Å²) in [5.41, 5.74) is -0.152. The zero-order valence-electron chi connectivity index (χ0n) is 20.6. The Morgan fingerprint density at radius 1 is 0.806 bits per heavy atom. The minimum atomic E-state index is -1.46. The maximum atomic E-state index is 12.3. The van der Waals surface area contributed by atoms with Gasteiger partial charge in [0.2, 0.25) is 0 Å². The topological polar surface area (TPSA) is 132 Å². The monoisotopic (exact) mass is 498 g/mol. The molecule has 0 fully saturated rings. The summed E-state index contributed by atoms with van der Waals surface area (Å²) in [5.74, 6) is -0.0911. The summed E-state index contributed by atoms with van der Waals surface area (Å²) >= 11 is 0. The van der Waals surface area contributed by atoms with Crippen LogP contribution in [0.15, 0.2) is 60.4 Å². The van der Waals surface area contributed by atoms with Gasteiger partial charge in [-0.1, -0.05) is 24.3 Å². The molecule has 2 aromatic carbocycles. The molecule has 0 aliphatic rings. The van der Waals surface area contributed by atoms with E-state index in [-0.39, 0.29) is 17.3 Å². The third-order valence-corrected chi connectivity index (χ3v) is 5.17. The van der Waals surface area contributed by atoms with Crippen LogP contribution in [0.3, 0.4) is 0 Å². The van der Waals surface area contributed by atoms with Crippen molar-refractivity contribution >= 4 is 23.9 Å². The molecule has 0 heterocycles. The number of methoxy groups -OCH3 is 3. The second kappa shape index (κ2) is 13.1. The minimum Gasteiger partial charge on any atom is -0.508 e. The zero-order chi connectivity index (χ0) is 26.7. The highest BCUT2D eigenvalue weighted by Crippen LogP contribution is 2.31. The van der Waals surface area contributed by atoms with Gasteiger partial charge in [-0.05, 0) is 54.5 Å². The normalized spacial score (nSPS) is 12.1. The molecule has 0 saturated heterocycles. The van der Waals surface area contributed by atoms with Crippen molar-refractivity contribution in [3.63, 3.8) is 0 Å². The Balaban J connectivity index is 2.09. The van der Waals surface area contributed by atoms with Gasteiger partial charge in [0.15, 0.2) is 28.8 Å². The zero-order valence-corrected chi connectivity index (χ0v) is 20.6. The quantitative estimate of drug-likeness (QED) is 0.133. The largest absolute Gasteiger partial charge is 0.508 e. The Morgan fingerprint density at radius 2 is 1.31 bits per heavy atom. The molecular formula is C27H30O9. The van der Waals surface area contributed by atoms with Crippen molar-refractivity contribution in [1.82, 2.24) is 0 Å². The van der Waals surface area contributed by atoms with E-state index in [1.165, 1.54) is 52.5 Å². The molecule has 2 rings (SSSR count). The summed E-state index contributed by atoms with van der Waals surface area (Å²) in [5, 5.41) is 28.8. The van der Waals surface area contributed by atoms with Gasteiger partial charge in [0, 0.05) is 6.08 Å². The number of carbonyl (C=O) groups excluding carboxylic acids is 2. The first-order chi connectivity index (χ1) is 17.2. The standard InChI is InChI=1S/C27H30O9/c1-27(16-28,17-29)26(32)36-23-12-8-19(14-25(23)35-4)6-10-21(31)15-20(30)9-5-18-7-11-22(33-2)24(13-18)34-3/h5-15,28-30H,16-17H2,1-4H3/b9-5+,10-6+,20-15-. The lowest BCUT2D eigenvalue weighted by Gasteiger charge is -2.22. The summed E-state index contributed by atoms with van der Waals surface area (Å²) in [6.45, 7) is 0.200. The van der Waals surface area contributed by atoms with Gasteiger partial charge in [0.1, 0.15) is 11.2 Å². The number of ketones is 1. The van der Waals surface area contributed by atoms with E-state index in [4.69, 9.17) is 18.9 Å². The van der Waals surface area contributed by atoms with Crippen molar-refractivity contribution in [3.8, 4) is 23.0 Å². The highest BCUT2D eigenvalue weighted by Gasteiger charge is 2.34. The van der Waals surface area contributed by atoms with Crippen LogP contribution in [0.1, 0.15) is 18.1 Å². The molecule has 3 N–H and O–H groups in total. The number of esters is 1. The molecule has 0 amide bonds. The Hall–Kier alpha value is -4.08. The maximum Gasteiger partial charge on any atom is 0.322 e. The first kappa shape index (κ1) is 28.2. The van der Waals surface area contributed by atoms with Gasteiger partial charge in [-0.2, -0.15) is 0 Å². The Kier molecular flexibility index (Phi) is 10.3. The third kappa shape index (κ3) is 7.46. The number of hydrogen-bond acceptors (Lipinski definition) is 9. The predicted octanol–water partition coefficient (Wildman–Crippen LogP) is 3.35. The van der Waals surface area contributed by atoms with E-state index in [9.17, 15) is 24.9 Å². The molecule has 0 aliphatic carbocycles. The van der Waals surface area contributed by atoms with Crippen LogP contribution in [0, 0.1) is 5.41 Å². The molecule has 0 aromatic heterocycles. The molecule has 36 heavy (non-hydrogen) atoms. The lowest BCUT2D eigenvalue weighted by Crippen LogP contribution is -2.38. The molecule has 9 nitrogen and oxygen atoms in total. The van der Waals surface area contributed by atoms with Crippen LogP contribution < -0.4 is 18.9 Å². The summed E-state index contributed by atoms with van der Waals surface area (Å²) in [7, 11) is 4.44. The number of hydrogen-bond donors (Lipinski definition) is 3. The molecular weight excluding hydrogens is 468 g/mol. The molecule has 0 radical (unpaired) electrons. The van der Waals surface area contributed by atoms with Crippen molar-refractivity contribution in [1.29, 1.82) is 0 Å². The third-order valence-electron chi connectivity index (χ3n) is 5.17. The minimum absolute atomic E-state index is 0.0944. The van der Waals surface area contributed by atoms with Crippen molar-refractivity contribution < 1.29 is 43.9 Å². The van der Waals surface area contributed by atoms with Gasteiger partial charge < -0.3 is 34.3 Å². The maximum absolute atomic E-state index is 12.3. The van der Waals surface area contributed by atoms with Crippen LogP contribution in [0.2, 0.25) is 0 Å². The average molecular weight is 499 g/mol. The summed E-state index contributed by atoms with van der Waals surface area (Å²) in [4.78, 5) is 24.5. The van der Waals surface area contributed by atoms with Crippen LogP contribution in [0.4, 0.5) is 0 Å². The number of allylic oxidation sites excluding steroid dienone is 3. The van der Waals surface area contributed by atoms with Crippen LogP contribution in [0.25, 0.3) is 12.2 Å². The van der Waals surface area contributed by atoms with Crippen LogP contribution in [0.5, 0.6) is 23.0 Å². The molecule has 192 valence electrons. The van der Waals surface area contributed by atoms with E-state index in [0.29, 0.717) is 17.1 Å². The Labute approximate surface area is 209 Å². The smallest absolute Gasteiger partial charge is 0.322 e. The van der Waals surface area contributed by atoms with E-state index in [1.807, 2.05) is 0 Å². The highest BCUT2D eigenvalue weighted by atomic mass is 16.6. The van der Waals surface area contributed by atoms with Gasteiger partial charge in [-0.15, -0.1) is 0 Å². The summed E-state index contributed by atoms with van der Waals surface area (Å²) in [6, 6.07) is 9.83. The number of carbonyl (C=O) groups is 2. The van der Waals surface area contributed by atoms with Crippen molar-refractivity contribution in [3.05, 3.63) is 71.5 Å². The van der Waals surface area contributed by atoms with Gasteiger partial charge in [-0.3, -0.25) is 9.59 Å². The van der Waals surface area contributed by atoms with Crippen LogP contribution >= 0.6 is 0 Å². The molecule has 0 saturated carbocycles. The number of aliphatic hydroxyl groups is 3. The van der Waals surface area contributed by atoms with Gasteiger partial charge in [0.25, 0.3) is 0 Å². The van der Waals surface area contributed by atoms with E-state index in [0.717, 1.165) is 11.6 Å². The lowest BCUT2D eigenvalue weighted by molar-refractivity contribution is -0.150. The van der Waals surface area contributed by atoms with E-state index < -0.39 is 30.4 Å². The van der Waals surface area contributed by atoms with Crippen molar-refractivity contribution in [2.45, 2.75) is 6.92 Å². The van der Waals surface area contributed by atoms with E-state index in [1.54, 1.807) is 36.4 Å². The Morgan fingerprint density at radius 3 is 1.83 bits per heavy atom. The lowest BCUT2D eigenvalue weighted by atomic mass is 9.93. The fraction of sp³-hybridized carbons (Fsp3) is 0.259. The van der Waals surface area contributed by atoms with Gasteiger partial charge >= 0.3 is 5.97 Å². The first-order valence-electron chi connectivity index (χ1n) is 10.8. The van der Waals surface area contributed by atoms with E-state index >= 15 is 0 Å². The Bertz CT molecular complexity index is 1160. The first-order valence-corrected chi connectivity index (χ1v) is 10.8. The second-order valence-electron chi connectivity index (χ2n) is 7.93. The van der Waals surface area contributed by atoms with E-state index in [2.05, 4.69) is 0 Å². The van der Waals surface area contributed by atoms with Crippen molar-refractivity contribution in [2.75, 3.05) is 34.5 Å². The molecule has 0 atom stereocenters.